The van der Waals surface area contributed by atoms with E-state index in [1.54, 1.807) is 7.11 Å². The molecule has 5 heteroatoms. The maximum absolute atomic E-state index is 6.61. The van der Waals surface area contributed by atoms with Crippen LogP contribution in [0.2, 0.25) is 5.02 Å². The van der Waals surface area contributed by atoms with Gasteiger partial charge in [-0.25, -0.2) is 0 Å². The number of fused-ring (bicyclic) bond motifs is 2. The minimum atomic E-state index is -0.0247. The first-order valence-corrected chi connectivity index (χ1v) is 9.55. The number of likely N-dealkylation sites (tertiary alicyclic amines) is 1. The van der Waals surface area contributed by atoms with Crippen LogP contribution in [0.25, 0.3) is 0 Å². The Morgan fingerprint density at radius 2 is 1.92 bits per heavy atom. The van der Waals surface area contributed by atoms with E-state index < -0.39 is 0 Å². The Morgan fingerprint density at radius 1 is 1.08 bits per heavy atom. The highest BCUT2D eigenvalue weighted by Gasteiger charge is 2.43. The average molecular weight is 351 g/mol. The van der Waals surface area contributed by atoms with E-state index in [1.165, 1.54) is 25.8 Å². The number of piperidine rings is 1. The zero-order chi connectivity index (χ0) is 16.6. The van der Waals surface area contributed by atoms with Crippen LogP contribution in [-0.4, -0.2) is 55.2 Å². The van der Waals surface area contributed by atoms with E-state index in [-0.39, 0.29) is 5.60 Å². The van der Waals surface area contributed by atoms with Gasteiger partial charge in [0.15, 0.2) is 0 Å². The fraction of sp³-hybridized carbons (Fsp3) is 0.684. The number of hydrogen-bond acceptors (Lipinski definition) is 4. The van der Waals surface area contributed by atoms with Crippen molar-refractivity contribution in [2.24, 2.45) is 0 Å². The van der Waals surface area contributed by atoms with Crippen molar-refractivity contribution >= 4 is 11.6 Å². The van der Waals surface area contributed by atoms with Crippen LogP contribution >= 0.6 is 11.6 Å². The smallest absolute Gasteiger partial charge is 0.128 e. The summed E-state index contributed by atoms with van der Waals surface area (Å²) in [5.74, 6) is 1.71. The first-order chi connectivity index (χ1) is 11.7. The fourth-order valence-electron chi connectivity index (χ4n) is 4.48. The van der Waals surface area contributed by atoms with Crippen LogP contribution in [0.4, 0.5) is 0 Å². The molecule has 3 saturated heterocycles. The summed E-state index contributed by atoms with van der Waals surface area (Å²) >= 11 is 6.61. The van der Waals surface area contributed by atoms with Gasteiger partial charge in [-0.3, -0.25) is 9.80 Å². The third-order valence-corrected chi connectivity index (χ3v) is 6.10. The van der Waals surface area contributed by atoms with Gasteiger partial charge >= 0.3 is 0 Å². The molecule has 4 nitrogen and oxygen atoms in total. The molecule has 0 amide bonds. The zero-order valence-corrected chi connectivity index (χ0v) is 15.3. The third-order valence-electron chi connectivity index (χ3n) is 5.76. The largest absolute Gasteiger partial charge is 0.496 e. The van der Waals surface area contributed by atoms with Crippen molar-refractivity contribution in [1.29, 1.82) is 0 Å². The van der Waals surface area contributed by atoms with Crippen molar-refractivity contribution < 1.29 is 9.47 Å². The molecule has 0 aromatic heterocycles. The Bertz CT molecular complexity index is 599. The second-order valence-corrected chi connectivity index (χ2v) is 7.89. The lowest BCUT2D eigenvalue weighted by atomic mass is 9.94. The number of ether oxygens (including phenoxy) is 2. The molecule has 0 saturated carbocycles. The number of halogens is 1. The molecule has 3 aliphatic heterocycles. The molecule has 0 aliphatic carbocycles. The molecule has 3 heterocycles. The highest BCUT2D eigenvalue weighted by molar-refractivity contribution is 6.31. The number of rotatable bonds is 5. The van der Waals surface area contributed by atoms with Crippen molar-refractivity contribution in [3.8, 4) is 11.5 Å². The number of hydrogen-bond donors (Lipinski definition) is 0. The first kappa shape index (κ1) is 16.5. The Morgan fingerprint density at radius 3 is 2.71 bits per heavy atom. The highest BCUT2D eigenvalue weighted by Crippen LogP contribution is 2.39. The summed E-state index contributed by atoms with van der Waals surface area (Å²) in [6.07, 6.45) is 6.03. The van der Waals surface area contributed by atoms with E-state index in [9.17, 15) is 0 Å². The predicted molar refractivity (Wildman–Crippen MR) is 96.2 cm³/mol. The lowest BCUT2D eigenvalue weighted by molar-refractivity contribution is 0.0451. The van der Waals surface area contributed by atoms with Crippen LogP contribution in [0.1, 0.15) is 37.7 Å². The molecule has 2 atom stereocenters. The van der Waals surface area contributed by atoms with E-state index in [0.29, 0.717) is 0 Å². The summed E-state index contributed by atoms with van der Waals surface area (Å²) in [5, 5.41) is 0.762. The second kappa shape index (κ2) is 6.74. The molecule has 2 bridgehead atoms. The van der Waals surface area contributed by atoms with Crippen LogP contribution < -0.4 is 9.47 Å². The maximum Gasteiger partial charge on any atom is 0.128 e. The molecule has 0 N–H and O–H groups in total. The van der Waals surface area contributed by atoms with Crippen molar-refractivity contribution in [3.05, 3.63) is 22.7 Å². The minimum absolute atomic E-state index is 0.0247. The molecule has 1 aromatic carbocycles. The summed E-state index contributed by atoms with van der Waals surface area (Å²) in [5.41, 5.74) is 1.06. The van der Waals surface area contributed by atoms with E-state index in [2.05, 4.69) is 9.80 Å². The Labute approximate surface area is 149 Å². The van der Waals surface area contributed by atoms with Gasteiger partial charge in [0.25, 0.3) is 0 Å². The minimum Gasteiger partial charge on any atom is -0.496 e. The summed E-state index contributed by atoms with van der Waals surface area (Å²) in [6.45, 7) is 6.57. The Balaban J connectivity index is 1.55. The van der Waals surface area contributed by atoms with Crippen LogP contribution in [0.15, 0.2) is 12.1 Å². The van der Waals surface area contributed by atoms with E-state index in [0.717, 1.165) is 67.7 Å². The SMILES string of the molecule is COc1cc(O[C@]23CCCN(CC2)C3)cc(Cl)c1CN1CCCC1. The summed E-state index contributed by atoms with van der Waals surface area (Å²) < 4.78 is 12.1. The van der Waals surface area contributed by atoms with Crippen LogP contribution in [0, 0.1) is 0 Å². The molecule has 24 heavy (non-hydrogen) atoms. The monoisotopic (exact) mass is 350 g/mol. The predicted octanol–water partition coefficient (Wildman–Crippen LogP) is 3.56. The fourth-order valence-corrected chi connectivity index (χ4v) is 4.74. The van der Waals surface area contributed by atoms with Crippen molar-refractivity contribution in [2.45, 2.75) is 44.2 Å². The first-order valence-electron chi connectivity index (χ1n) is 9.18. The molecule has 4 rings (SSSR count). The van der Waals surface area contributed by atoms with Gasteiger partial charge in [0.1, 0.15) is 17.1 Å². The lowest BCUT2D eigenvalue weighted by Crippen LogP contribution is -2.43. The van der Waals surface area contributed by atoms with Crippen molar-refractivity contribution in [3.63, 3.8) is 0 Å². The average Bonchev–Trinajstić information content (AvgIpc) is 3.18. The number of methoxy groups -OCH3 is 1. The highest BCUT2D eigenvalue weighted by atomic mass is 35.5. The third kappa shape index (κ3) is 3.24. The molecule has 0 radical (unpaired) electrons. The van der Waals surface area contributed by atoms with Crippen LogP contribution in [0.3, 0.4) is 0 Å². The molecule has 3 fully saturated rings. The summed E-state index contributed by atoms with van der Waals surface area (Å²) in [7, 11) is 1.72. The summed E-state index contributed by atoms with van der Waals surface area (Å²) in [4.78, 5) is 4.95. The van der Waals surface area contributed by atoms with E-state index in [1.807, 2.05) is 12.1 Å². The van der Waals surface area contributed by atoms with Gasteiger partial charge < -0.3 is 9.47 Å². The number of nitrogens with zero attached hydrogens (tertiary/aromatic N) is 2. The molecular formula is C19H27ClN2O2. The number of benzene rings is 1. The second-order valence-electron chi connectivity index (χ2n) is 7.48. The van der Waals surface area contributed by atoms with Gasteiger partial charge in [-0.1, -0.05) is 11.6 Å². The molecule has 0 spiro atoms. The van der Waals surface area contributed by atoms with Gasteiger partial charge in [-0.05, 0) is 51.4 Å². The van der Waals surface area contributed by atoms with Gasteiger partial charge in [0.2, 0.25) is 0 Å². The zero-order valence-electron chi connectivity index (χ0n) is 14.5. The van der Waals surface area contributed by atoms with Gasteiger partial charge in [-0.15, -0.1) is 0 Å². The van der Waals surface area contributed by atoms with Gasteiger partial charge in [0, 0.05) is 37.7 Å². The van der Waals surface area contributed by atoms with Crippen LogP contribution in [-0.2, 0) is 6.54 Å². The molecule has 1 unspecified atom stereocenters. The molecule has 132 valence electrons. The normalized spacial score (nSPS) is 29.8. The lowest BCUT2D eigenvalue weighted by Gasteiger charge is -2.34. The Hall–Kier alpha value is -0.970. The maximum atomic E-state index is 6.61. The van der Waals surface area contributed by atoms with Gasteiger partial charge in [0.05, 0.1) is 12.1 Å². The van der Waals surface area contributed by atoms with Crippen LogP contribution in [0.5, 0.6) is 11.5 Å². The Kier molecular flexibility index (Phi) is 4.63. The molecule has 1 aromatic rings. The van der Waals surface area contributed by atoms with E-state index in [4.69, 9.17) is 21.1 Å². The van der Waals surface area contributed by atoms with Crippen molar-refractivity contribution in [1.82, 2.24) is 9.80 Å². The standard InChI is InChI=1S/C19H27ClN2O2/c1-23-18-12-15(24-19-5-4-9-22(14-19)10-6-19)11-17(20)16(18)13-21-7-2-3-8-21/h11-12H,2-10,13-14H2,1H3/t19-/m1/s1. The quantitative estimate of drug-likeness (QED) is 0.810. The van der Waals surface area contributed by atoms with Gasteiger partial charge in [-0.2, -0.15) is 0 Å². The van der Waals surface area contributed by atoms with E-state index >= 15 is 0 Å². The topological polar surface area (TPSA) is 24.9 Å². The summed E-state index contributed by atoms with van der Waals surface area (Å²) in [6, 6.07) is 4.02. The molecule has 3 aliphatic rings. The van der Waals surface area contributed by atoms with Crippen molar-refractivity contribution in [2.75, 3.05) is 39.8 Å². The molecular weight excluding hydrogens is 324 g/mol.